The van der Waals surface area contributed by atoms with E-state index in [1.807, 2.05) is 4.98 Å². The molecule has 0 fully saturated rings. The third kappa shape index (κ3) is 2.77. The van der Waals surface area contributed by atoms with Gasteiger partial charge in [0.1, 0.15) is 11.7 Å². The minimum Gasteiger partial charge on any atom is -0.493 e. The summed E-state index contributed by atoms with van der Waals surface area (Å²) in [5, 5.41) is 11.2. The summed E-state index contributed by atoms with van der Waals surface area (Å²) in [4.78, 5) is 39.8. The number of aromatic nitrogens is 2. The molecule has 0 bridgehead atoms. The zero-order valence-electron chi connectivity index (χ0n) is 9.18. The smallest absolute Gasteiger partial charge is 0.362 e. The molecule has 0 saturated carbocycles. The predicted octanol–water partition coefficient (Wildman–Crippen LogP) is -1.80. The molecule has 0 aromatic carbocycles. The number of imidazole rings is 1. The fourth-order valence-corrected chi connectivity index (χ4v) is 1.04. The van der Waals surface area contributed by atoms with Crippen LogP contribution in [0.3, 0.4) is 0 Å². The molecule has 1 aromatic rings. The molecule has 9 nitrogen and oxygen atoms in total. The number of aromatic hydroxyl groups is 1. The second-order valence-corrected chi connectivity index (χ2v) is 3.30. The van der Waals surface area contributed by atoms with Crippen molar-refractivity contribution >= 4 is 12.0 Å². The highest BCUT2D eigenvalue weighted by Gasteiger charge is 2.20. The van der Waals surface area contributed by atoms with Gasteiger partial charge in [0, 0.05) is 0 Å². The minimum absolute atomic E-state index is 0.0367. The highest BCUT2D eigenvalue weighted by molar-refractivity contribution is 5.82. The number of carbonyl (C=O) groups is 2. The van der Waals surface area contributed by atoms with E-state index in [-0.39, 0.29) is 5.69 Å². The van der Waals surface area contributed by atoms with Gasteiger partial charge in [-0.1, -0.05) is 0 Å². The average Bonchev–Trinajstić information content (AvgIpc) is 2.44. The van der Waals surface area contributed by atoms with Crippen molar-refractivity contribution < 1.29 is 19.5 Å². The van der Waals surface area contributed by atoms with Crippen LogP contribution >= 0.6 is 0 Å². The molecule has 9 heteroatoms. The number of nitrogens with two attached hydrogens (primary N) is 1. The highest BCUT2D eigenvalue weighted by atomic mass is 16.7. The summed E-state index contributed by atoms with van der Waals surface area (Å²) in [5.41, 5.74) is 4.05. The molecule has 2 amide bonds. The Morgan fingerprint density at radius 3 is 2.59 bits per heavy atom. The largest absolute Gasteiger partial charge is 0.493 e. The number of primary amides is 1. The van der Waals surface area contributed by atoms with Gasteiger partial charge in [-0.2, -0.15) is 0 Å². The SMILES string of the molecule is Cc1c(O)[nH]c(=O)n1OC(=O)[C@H](C)NC(N)=O. The second kappa shape index (κ2) is 4.60. The van der Waals surface area contributed by atoms with Crippen molar-refractivity contribution in [3.05, 3.63) is 16.2 Å². The Labute approximate surface area is 95.1 Å². The number of hydrogen-bond acceptors (Lipinski definition) is 5. The first-order valence-corrected chi connectivity index (χ1v) is 4.61. The number of rotatable bonds is 3. The Morgan fingerprint density at radius 2 is 2.18 bits per heavy atom. The first-order valence-electron chi connectivity index (χ1n) is 4.61. The van der Waals surface area contributed by atoms with Crippen LogP contribution in [0.15, 0.2) is 4.79 Å². The lowest BCUT2D eigenvalue weighted by atomic mass is 10.3. The Balaban J connectivity index is 2.81. The number of nitrogens with one attached hydrogen (secondary N) is 2. The number of urea groups is 1. The van der Waals surface area contributed by atoms with Crippen LogP contribution < -0.4 is 21.6 Å². The first kappa shape index (κ1) is 12.6. The predicted molar refractivity (Wildman–Crippen MR) is 55.2 cm³/mol. The van der Waals surface area contributed by atoms with Crippen molar-refractivity contribution in [3.63, 3.8) is 0 Å². The summed E-state index contributed by atoms with van der Waals surface area (Å²) in [5.74, 6) is -1.30. The van der Waals surface area contributed by atoms with Crippen LogP contribution in [0.25, 0.3) is 0 Å². The molecule has 0 aliphatic carbocycles. The number of hydrogen-bond donors (Lipinski definition) is 4. The summed E-state index contributed by atoms with van der Waals surface area (Å²) >= 11 is 0. The number of aromatic amines is 1. The van der Waals surface area contributed by atoms with E-state index in [1.54, 1.807) is 0 Å². The molecule has 1 atom stereocenters. The van der Waals surface area contributed by atoms with Gasteiger partial charge in [-0.25, -0.2) is 14.4 Å². The molecule has 0 radical (unpaired) electrons. The van der Waals surface area contributed by atoms with Gasteiger partial charge in [0.15, 0.2) is 0 Å². The van der Waals surface area contributed by atoms with Gasteiger partial charge < -0.3 is 21.0 Å². The maximum atomic E-state index is 11.4. The van der Waals surface area contributed by atoms with E-state index >= 15 is 0 Å². The van der Waals surface area contributed by atoms with Crippen LogP contribution in [0, 0.1) is 6.92 Å². The molecule has 0 saturated heterocycles. The quantitative estimate of drug-likeness (QED) is 0.496. The number of carbonyl (C=O) groups excluding carboxylic acids is 2. The lowest BCUT2D eigenvalue weighted by molar-refractivity contribution is -0.146. The van der Waals surface area contributed by atoms with Crippen LogP contribution in [0.5, 0.6) is 5.88 Å². The molecule has 0 spiro atoms. The van der Waals surface area contributed by atoms with E-state index < -0.39 is 29.6 Å². The van der Waals surface area contributed by atoms with Gasteiger partial charge in [0.2, 0.25) is 5.88 Å². The molecule has 1 rings (SSSR count). The zero-order valence-corrected chi connectivity index (χ0v) is 9.18. The van der Waals surface area contributed by atoms with E-state index in [1.165, 1.54) is 13.8 Å². The zero-order chi connectivity index (χ0) is 13.2. The fraction of sp³-hybridized carbons (Fsp3) is 0.375. The highest BCUT2D eigenvalue weighted by Crippen LogP contribution is 2.07. The summed E-state index contributed by atoms with van der Waals surface area (Å²) in [6.07, 6.45) is 0. The maximum absolute atomic E-state index is 11.4. The Kier molecular flexibility index (Phi) is 3.41. The number of amides is 2. The van der Waals surface area contributed by atoms with E-state index in [0.29, 0.717) is 4.73 Å². The third-order valence-electron chi connectivity index (χ3n) is 1.95. The first-order chi connectivity index (χ1) is 7.82. The maximum Gasteiger partial charge on any atom is 0.362 e. The minimum atomic E-state index is -1.02. The van der Waals surface area contributed by atoms with Crippen molar-refractivity contribution in [1.29, 1.82) is 0 Å². The van der Waals surface area contributed by atoms with Crippen LogP contribution in [0.4, 0.5) is 4.79 Å². The summed E-state index contributed by atoms with van der Waals surface area (Å²) < 4.78 is 0.580. The normalized spacial score (nSPS) is 11.9. The van der Waals surface area contributed by atoms with Crippen LogP contribution in [0.1, 0.15) is 12.6 Å². The average molecular weight is 244 g/mol. The van der Waals surface area contributed by atoms with E-state index in [9.17, 15) is 14.4 Å². The topological polar surface area (TPSA) is 139 Å². The molecule has 1 heterocycles. The second-order valence-electron chi connectivity index (χ2n) is 3.30. The molecule has 94 valence electrons. The molecule has 5 N–H and O–H groups in total. The molecular weight excluding hydrogens is 232 g/mol. The van der Waals surface area contributed by atoms with E-state index in [0.717, 1.165) is 0 Å². The van der Waals surface area contributed by atoms with Gasteiger partial charge >= 0.3 is 17.7 Å². The van der Waals surface area contributed by atoms with Crippen molar-refractivity contribution in [1.82, 2.24) is 15.0 Å². The third-order valence-corrected chi connectivity index (χ3v) is 1.95. The van der Waals surface area contributed by atoms with Crippen LogP contribution in [0.2, 0.25) is 0 Å². The van der Waals surface area contributed by atoms with Gasteiger partial charge in [-0.3, -0.25) is 4.98 Å². The van der Waals surface area contributed by atoms with E-state index in [2.05, 4.69) is 10.2 Å². The van der Waals surface area contributed by atoms with Gasteiger partial charge in [-0.05, 0) is 13.8 Å². The summed E-state index contributed by atoms with van der Waals surface area (Å²) in [6.45, 7) is 2.70. The number of H-pyrrole nitrogens is 1. The molecule has 0 unspecified atom stereocenters. The molecule has 0 aliphatic heterocycles. The molecule has 0 aliphatic rings. The van der Waals surface area contributed by atoms with Crippen LogP contribution in [-0.4, -0.2) is 32.9 Å². The Morgan fingerprint density at radius 1 is 1.59 bits per heavy atom. The van der Waals surface area contributed by atoms with Crippen molar-refractivity contribution in [2.75, 3.05) is 0 Å². The van der Waals surface area contributed by atoms with Crippen molar-refractivity contribution in [2.24, 2.45) is 5.73 Å². The van der Waals surface area contributed by atoms with Crippen molar-refractivity contribution in [2.45, 2.75) is 19.9 Å². The monoisotopic (exact) mass is 244 g/mol. The Bertz CT molecular complexity index is 503. The number of nitrogens with zero attached hydrogens (tertiary/aromatic N) is 1. The molecular formula is C8H12N4O5. The Hall–Kier alpha value is -2.45. The molecule has 17 heavy (non-hydrogen) atoms. The van der Waals surface area contributed by atoms with Gasteiger partial charge in [0.05, 0.1) is 0 Å². The summed E-state index contributed by atoms with van der Waals surface area (Å²) in [6, 6.07) is -1.91. The van der Waals surface area contributed by atoms with Crippen LogP contribution in [-0.2, 0) is 4.79 Å². The standard InChI is InChI=1S/C8H12N4O5/c1-3(10-7(9)15)6(14)17-12-4(2)5(13)11-8(12)16/h3,13H,1-2H3,(H,11,16)(H3,9,10,15)/t3-/m0/s1. The van der Waals surface area contributed by atoms with Crippen molar-refractivity contribution in [3.8, 4) is 5.88 Å². The fourth-order valence-electron chi connectivity index (χ4n) is 1.04. The van der Waals surface area contributed by atoms with E-state index in [4.69, 9.17) is 10.8 Å². The lowest BCUT2D eigenvalue weighted by Gasteiger charge is -2.11. The lowest BCUT2D eigenvalue weighted by Crippen LogP contribution is -2.46. The van der Waals surface area contributed by atoms with Gasteiger partial charge in [0.25, 0.3) is 0 Å². The van der Waals surface area contributed by atoms with Gasteiger partial charge in [-0.15, -0.1) is 4.73 Å². The summed E-state index contributed by atoms with van der Waals surface area (Å²) in [7, 11) is 0. The molecule has 1 aromatic heterocycles.